The summed E-state index contributed by atoms with van der Waals surface area (Å²) in [4.78, 5) is 24.7. The number of ketones is 1. The number of carbonyl (C=O) groups excluding carboxylic acids is 1. The Bertz CT molecular complexity index is 3060. The van der Waals surface area contributed by atoms with Crippen LogP contribution in [0.25, 0.3) is 66.8 Å². The molecule has 296 valence electrons. The van der Waals surface area contributed by atoms with E-state index in [4.69, 9.17) is 9.97 Å². The molecule has 2 atom stereocenters. The van der Waals surface area contributed by atoms with Crippen LogP contribution in [0.1, 0.15) is 38.2 Å². The molecule has 2 aliphatic heterocycles. The van der Waals surface area contributed by atoms with Crippen molar-refractivity contribution >= 4 is 45.2 Å². The van der Waals surface area contributed by atoms with Gasteiger partial charge in [0.15, 0.2) is 5.78 Å². The maximum Gasteiger partial charge on any atom is 0.193 e. The third-order valence-electron chi connectivity index (χ3n) is 11.5. The molecule has 62 heavy (non-hydrogen) atoms. The Balaban J connectivity index is 1.12. The van der Waals surface area contributed by atoms with Gasteiger partial charge in [-0.15, -0.1) is 0 Å². The van der Waals surface area contributed by atoms with E-state index in [1.165, 1.54) is 27.8 Å². The third-order valence-corrected chi connectivity index (χ3v) is 13.7. The van der Waals surface area contributed by atoms with Crippen LogP contribution in [0.4, 0.5) is 0 Å². The first-order valence-corrected chi connectivity index (χ1v) is 23.4. The highest BCUT2D eigenvalue weighted by Gasteiger charge is 2.20. The summed E-state index contributed by atoms with van der Waals surface area (Å²) in [6.45, 7) is 0. The molecule has 10 rings (SSSR count). The highest BCUT2D eigenvalue weighted by atomic mass is 31.1. The van der Waals surface area contributed by atoms with Gasteiger partial charge in [0.2, 0.25) is 0 Å². The van der Waals surface area contributed by atoms with Gasteiger partial charge in [-0.05, 0) is 128 Å². The summed E-state index contributed by atoms with van der Waals surface area (Å²) in [5, 5.41) is 0. The van der Waals surface area contributed by atoms with Gasteiger partial charge in [-0.25, -0.2) is 0 Å². The van der Waals surface area contributed by atoms with Gasteiger partial charge in [-0.3, -0.25) is 14.8 Å². The molecule has 0 radical (unpaired) electrons. The van der Waals surface area contributed by atoms with E-state index in [0.717, 1.165) is 73.5 Å². The molecule has 8 aromatic rings. The number of hydrogen-bond donors (Lipinski definition) is 0. The predicted octanol–water partition coefficient (Wildman–Crippen LogP) is 14.6. The average Bonchev–Trinajstić information content (AvgIpc) is 3.37. The van der Waals surface area contributed by atoms with Crippen LogP contribution in [0.5, 0.6) is 0 Å². The molecule has 2 aromatic heterocycles. The molecule has 2 unspecified atom stereocenters. The summed E-state index contributed by atoms with van der Waals surface area (Å²) in [6, 6.07) is 58.9. The van der Waals surface area contributed by atoms with Crippen molar-refractivity contribution < 1.29 is 4.79 Å². The van der Waals surface area contributed by atoms with Gasteiger partial charge >= 0.3 is 0 Å². The van der Waals surface area contributed by atoms with E-state index in [1.807, 2.05) is 67.3 Å². The molecule has 0 N–H and O–H groups in total. The molecule has 0 spiro atoms. The zero-order chi connectivity index (χ0) is 41.7. The van der Waals surface area contributed by atoms with Crippen LogP contribution in [0.2, 0.25) is 0 Å². The first kappa shape index (κ1) is 39.3. The number of allylic oxidation sites excluding steroid dienone is 6. The van der Waals surface area contributed by atoms with E-state index in [1.54, 1.807) is 0 Å². The maximum atomic E-state index is 15.3. The van der Waals surface area contributed by atoms with Gasteiger partial charge in [0.05, 0.1) is 0 Å². The summed E-state index contributed by atoms with van der Waals surface area (Å²) in [5.74, 6) is 4.65. The molecule has 0 bridgehead atoms. The minimum Gasteiger partial charge on any atom is -0.289 e. The Morgan fingerprint density at radius 1 is 0.355 bits per heavy atom. The van der Waals surface area contributed by atoms with Crippen LogP contribution in [0.3, 0.4) is 0 Å². The first-order valence-electron chi connectivity index (χ1n) is 20.9. The molecule has 3 nitrogen and oxygen atoms in total. The second kappa shape index (κ2) is 18.0. The number of carbonyl (C=O) groups is 1. The Morgan fingerprint density at radius 2 is 0.710 bits per heavy atom. The molecule has 0 saturated heterocycles. The molecule has 6 aromatic carbocycles. The second-order valence-corrected chi connectivity index (χ2v) is 17.7. The fourth-order valence-electron chi connectivity index (χ4n) is 8.23. The summed E-state index contributed by atoms with van der Waals surface area (Å²) in [6.07, 6.45) is 14.1. The van der Waals surface area contributed by atoms with E-state index >= 15 is 4.79 Å². The van der Waals surface area contributed by atoms with Gasteiger partial charge in [0.1, 0.15) is 0 Å². The number of benzene rings is 6. The highest BCUT2D eigenvalue weighted by Crippen LogP contribution is 2.40. The normalized spacial score (nSPS) is 14.5. The monoisotopic (exact) mass is 832 g/mol. The Hall–Kier alpha value is -6.89. The average molecular weight is 833 g/mol. The Morgan fingerprint density at radius 3 is 1.21 bits per heavy atom. The van der Waals surface area contributed by atoms with Crippen LogP contribution in [0.15, 0.2) is 218 Å². The first-order chi connectivity index (χ1) is 30.6. The molecule has 0 aliphatic carbocycles. The molecule has 5 heteroatoms. The third kappa shape index (κ3) is 8.65. The lowest BCUT2D eigenvalue weighted by atomic mass is 9.89. The van der Waals surface area contributed by atoms with Crippen molar-refractivity contribution in [2.24, 2.45) is 0 Å². The highest BCUT2D eigenvalue weighted by molar-refractivity contribution is 7.43. The zero-order valence-corrected chi connectivity index (χ0v) is 36.0. The second-order valence-electron chi connectivity index (χ2n) is 15.6. The van der Waals surface area contributed by atoms with Crippen molar-refractivity contribution in [3.05, 3.63) is 252 Å². The largest absolute Gasteiger partial charge is 0.289 e. The Labute approximate surface area is 367 Å². The number of nitrogens with zero attached hydrogens (tertiary/aromatic N) is 2. The minimum absolute atomic E-state index is 0.0284. The maximum absolute atomic E-state index is 15.3. The van der Waals surface area contributed by atoms with Crippen LogP contribution in [-0.4, -0.2) is 28.1 Å². The predicted molar refractivity (Wildman–Crippen MR) is 265 cm³/mol. The van der Waals surface area contributed by atoms with Crippen LogP contribution in [-0.2, 0) is 0 Å². The summed E-state index contributed by atoms with van der Waals surface area (Å²) in [7, 11) is 1.27. The van der Waals surface area contributed by atoms with E-state index in [9.17, 15) is 0 Å². The van der Waals surface area contributed by atoms with Crippen LogP contribution < -0.4 is 0 Å². The summed E-state index contributed by atoms with van der Waals surface area (Å²) in [5.41, 5.74) is 18.7. The van der Waals surface area contributed by atoms with Gasteiger partial charge in [-0.2, -0.15) is 0 Å². The van der Waals surface area contributed by atoms with Crippen molar-refractivity contribution in [2.75, 3.05) is 12.3 Å². The van der Waals surface area contributed by atoms with E-state index < -0.39 is 0 Å². The fraction of sp³-hybridized carbons (Fsp3) is 0.0351. The summed E-state index contributed by atoms with van der Waals surface area (Å²) >= 11 is 0. The number of pyridine rings is 2. The minimum atomic E-state index is -0.0284. The Kier molecular flexibility index (Phi) is 11.4. The lowest BCUT2D eigenvalue weighted by Gasteiger charge is -2.18. The van der Waals surface area contributed by atoms with Crippen molar-refractivity contribution in [1.29, 1.82) is 0 Å². The quantitative estimate of drug-likeness (QED) is 0.102. The summed E-state index contributed by atoms with van der Waals surface area (Å²) < 4.78 is 0. The SMILES string of the molecule is O=C(c1cc(C2=CPCC(c3ccccc3)=C2)cc(-c2cncc(-c3ccccc3)c2)c1)c1cc(C2=CC(c3ccccc3)=CPC2)cc(-c2cncc(-c3ccccc3)c2)c1. The number of rotatable bonds is 10. The lowest BCUT2D eigenvalue weighted by molar-refractivity contribution is 0.103. The van der Waals surface area contributed by atoms with Gasteiger partial charge < -0.3 is 0 Å². The van der Waals surface area contributed by atoms with Gasteiger partial charge in [0, 0.05) is 58.2 Å². The topological polar surface area (TPSA) is 42.9 Å². The van der Waals surface area contributed by atoms with Crippen LogP contribution >= 0.6 is 17.2 Å². The molecule has 2 aliphatic rings. The van der Waals surface area contributed by atoms with Crippen molar-refractivity contribution in [3.63, 3.8) is 0 Å². The molecule has 4 heterocycles. The standard InChI is InChI=1S/C57H42N2OP2/c60-57(47-23-43(51-27-49(31-58-33-51)39-13-5-1-6-14-39)21-45(25-47)55-29-53(35-61-37-55)41-17-9-3-10-18-41)48-24-44(52-28-50(32-59-34-52)40-15-7-2-8-16-40)22-46(26-48)56-30-54(36-62-38-56)42-19-11-4-12-20-42/h1-35,38,61-62H,36-37H2. The zero-order valence-electron chi connectivity index (χ0n) is 34.0. The van der Waals surface area contributed by atoms with Gasteiger partial charge in [-0.1, -0.05) is 162 Å². The fourth-order valence-corrected chi connectivity index (χ4v) is 10.4. The van der Waals surface area contributed by atoms with Crippen molar-refractivity contribution in [2.45, 2.75) is 0 Å². The van der Waals surface area contributed by atoms with E-state index in [0.29, 0.717) is 28.3 Å². The van der Waals surface area contributed by atoms with E-state index in [-0.39, 0.29) is 5.78 Å². The van der Waals surface area contributed by atoms with E-state index in [2.05, 4.69) is 151 Å². The molecule has 0 saturated carbocycles. The molecular formula is C57H42N2OP2. The van der Waals surface area contributed by atoms with Gasteiger partial charge in [0.25, 0.3) is 0 Å². The molecular weight excluding hydrogens is 791 g/mol. The number of aromatic nitrogens is 2. The molecule has 0 fully saturated rings. The number of hydrogen-bond acceptors (Lipinski definition) is 3. The van der Waals surface area contributed by atoms with Crippen molar-refractivity contribution in [3.8, 4) is 44.5 Å². The smallest absolute Gasteiger partial charge is 0.193 e. The van der Waals surface area contributed by atoms with Crippen molar-refractivity contribution in [1.82, 2.24) is 9.97 Å². The molecule has 0 amide bonds. The van der Waals surface area contributed by atoms with Crippen LogP contribution in [0, 0.1) is 0 Å². The lowest BCUT2D eigenvalue weighted by Crippen LogP contribution is -2.05.